The predicted octanol–water partition coefficient (Wildman–Crippen LogP) is 1.20. The van der Waals surface area contributed by atoms with Crippen LogP contribution in [0.5, 0.6) is 0 Å². The van der Waals surface area contributed by atoms with Crippen LogP contribution in [0.1, 0.15) is 79.8 Å². The van der Waals surface area contributed by atoms with Crippen LogP contribution in [0, 0.1) is 10.8 Å². The van der Waals surface area contributed by atoms with Crippen molar-refractivity contribution in [3.8, 4) is 0 Å². The quantitative estimate of drug-likeness (QED) is 0.210. The first-order chi connectivity index (χ1) is 19.7. The maximum absolute atomic E-state index is 13.5. The standard InChI is InChI=1S/C31H50N6O6/c1-11-20(19-15-13-12-14-16-19)34-27(41)23(39)18(2)33-26(40)21(17-22(38)37(9)10)35-29(43)25(31(6,7)8)36-28(42)24(32)30(3,4)5/h12-16,18,20-21,24-25H,11,17,32H2,1-10H3,(H,33,40)(H,34,41)(H,35,43)(H,36,42)/t18?,20-,21+,24-,25-/m1/s1. The van der Waals surface area contributed by atoms with E-state index in [1.54, 1.807) is 41.5 Å². The third kappa shape index (κ3) is 11.4. The van der Waals surface area contributed by atoms with Crippen LogP contribution in [0.2, 0.25) is 0 Å². The van der Waals surface area contributed by atoms with Crippen molar-refractivity contribution in [3.05, 3.63) is 35.9 Å². The van der Waals surface area contributed by atoms with Gasteiger partial charge < -0.3 is 31.9 Å². The summed E-state index contributed by atoms with van der Waals surface area (Å²) < 4.78 is 0. The second-order valence-corrected chi connectivity index (χ2v) is 13.1. The molecule has 0 aliphatic heterocycles. The molecule has 6 N–H and O–H groups in total. The molecule has 0 aliphatic carbocycles. The van der Waals surface area contributed by atoms with Gasteiger partial charge in [-0.1, -0.05) is 78.8 Å². The molecule has 1 rings (SSSR count). The van der Waals surface area contributed by atoms with Crippen molar-refractivity contribution in [1.29, 1.82) is 0 Å². The zero-order valence-corrected chi connectivity index (χ0v) is 27.2. The second-order valence-electron chi connectivity index (χ2n) is 13.1. The molecule has 0 aromatic heterocycles. The Morgan fingerprint density at radius 3 is 1.81 bits per heavy atom. The van der Waals surface area contributed by atoms with Gasteiger partial charge in [0.25, 0.3) is 5.91 Å². The molecule has 1 aromatic carbocycles. The van der Waals surface area contributed by atoms with E-state index in [1.807, 2.05) is 37.3 Å². The summed E-state index contributed by atoms with van der Waals surface area (Å²) in [4.78, 5) is 79.2. The van der Waals surface area contributed by atoms with Gasteiger partial charge >= 0.3 is 0 Å². The molecule has 5 amide bonds. The molecule has 0 bridgehead atoms. The minimum Gasteiger partial charge on any atom is -0.349 e. The highest BCUT2D eigenvalue weighted by Crippen LogP contribution is 2.22. The summed E-state index contributed by atoms with van der Waals surface area (Å²) in [6.45, 7) is 13.8. The molecule has 240 valence electrons. The van der Waals surface area contributed by atoms with Crippen molar-refractivity contribution in [2.75, 3.05) is 14.1 Å². The van der Waals surface area contributed by atoms with Crippen LogP contribution in [0.15, 0.2) is 30.3 Å². The summed E-state index contributed by atoms with van der Waals surface area (Å²) in [6, 6.07) is 4.10. The Balaban J connectivity index is 3.12. The minimum atomic E-state index is -1.40. The number of rotatable bonds is 13. The second kappa shape index (κ2) is 15.6. The van der Waals surface area contributed by atoms with E-state index >= 15 is 0 Å². The van der Waals surface area contributed by atoms with Gasteiger partial charge in [-0.15, -0.1) is 0 Å². The van der Waals surface area contributed by atoms with Gasteiger partial charge in [-0.05, 0) is 29.7 Å². The van der Waals surface area contributed by atoms with Crippen LogP contribution in [0.25, 0.3) is 0 Å². The first-order valence-electron chi connectivity index (χ1n) is 14.5. The highest BCUT2D eigenvalue weighted by Gasteiger charge is 2.38. The van der Waals surface area contributed by atoms with E-state index in [0.717, 1.165) is 5.56 Å². The Labute approximate surface area is 255 Å². The number of nitrogens with one attached hydrogen (secondary N) is 4. The Morgan fingerprint density at radius 1 is 0.791 bits per heavy atom. The molecule has 0 spiro atoms. The number of hydrogen-bond donors (Lipinski definition) is 5. The summed E-state index contributed by atoms with van der Waals surface area (Å²) in [5.74, 6) is -4.31. The smallest absolute Gasteiger partial charge is 0.290 e. The van der Waals surface area contributed by atoms with Crippen molar-refractivity contribution in [3.63, 3.8) is 0 Å². The topological polar surface area (TPSA) is 180 Å². The maximum Gasteiger partial charge on any atom is 0.290 e. The number of nitrogens with two attached hydrogens (primary N) is 1. The van der Waals surface area contributed by atoms with E-state index < -0.39 is 82.8 Å². The maximum atomic E-state index is 13.5. The molecule has 5 atom stereocenters. The van der Waals surface area contributed by atoms with E-state index in [0.29, 0.717) is 6.42 Å². The van der Waals surface area contributed by atoms with Crippen LogP contribution in [0.3, 0.4) is 0 Å². The van der Waals surface area contributed by atoms with Crippen LogP contribution in [0.4, 0.5) is 0 Å². The highest BCUT2D eigenvalue weighted by molar-refractivity contribution is 6.38. The van der Waals surface area contributed by atoms with Crippen molar-refractivity contribution in [2.24, 2.45) is 16.6 Å². The number of amides is 5. The van der Waals surface area contributed by atoms with Crippen LogP contribution in [-0.4, -0.2) is 78.5 Å². The molecule has 0 heterocycles. The molecular formula is C31H50N6O6. The van der Waals surface area contributed by atoms with E-state index in [2.05, 4.69) is 21.3 Å². The molecule has 12 nitrogen and oxygen atoms in total. The summed E-state index contributed by atoms with van der Waals surface area (Å²) in [5.41, 5.74) is 5.56. The largest absolute Gasteiger partial charge is 0.349 e. The Kier molecular flexibility index (Phi) is 13.5. The molecule has 0 fully saturated rings. The number of hydrogen-bond acceptors (Lipinski definition) is 7. The van der Waals surface area contributed by atoms with Gasteiger partial charge in [-0.3, -0.25) is 28.8 Å². The summed E-state index contributed by atoms with van der Waals surface area (Å²) in [6.07, 6.45) is 0.118. The minimum absolute atomic E-state index is 0.402. The Morgan fingerprint density at radius 2 is 1.35 bits per heavy atom. The van der Waals surface area contributed by atoms with Gasteiger partial charge in [0.15, 0.2) is 0 Å². The molecule has 43 heavy (non-hydrogen) atoms. The summed E-state index contributed by atoms with van der Waals surface area (Å²) in [7, 11) is 3.00. The third-order valence-corrected chi connectivity index (χ3v) is 7.03. The number of carbonyl (C=O) groups excluding carboxylic acids is 6. The molecule has 0 saturated heterocycles. The van der Waals surface area contributed by atoms with Gasteiger partial charge in [0, 0.05) is 14.1 Å². The monoisotopic (exact) mass is 602 g/mol. The number of nitrogens with zero attached hydrogens (tertiary/aromatic N) is 1. The van der Waals surface area contributed by atoms with E-state index in [1.165, 1.54) is 25.9 Å². The van der Waals surface area contributed by atoms with Crippen molar-refractivity contribution >= 4 is 35.3 Å². The van der Waals surface area contributed by atoms with E-state index in [9.17, 15) is 28.8 Å². The first kappa shape index (κ1) is 37.2. The van der Waals surface area contributed by atoms with Gasteiger partial charge in [-0.2, -0.15) is 0 Å². The van der Waals surface area contributed by atoms with Crippen LogP contribution in [-0.2, 0) is 28.8 Å². The highest BCUT2D eigenvalue weighted by atomic mass is 16.2. The molecule has 1 unspecified atom stereocenters. The fraction of sp³-hybridized carbons (Fsp3) is 0.613. The number of benzene rings is 1. The normalized spacial score (nSPS) is 15.1. The SMILES string of the molecule is CC[C@@H](NC(=O)C(=O)C(C)NC(=O)[C@H](CC(=O)N(C)C)NC(=O)[C@@H](NC(=O)[C@@H](N)C(C)(C)C)C(C)(C)C)c1ccccc1. The van der Waals surface area contributed by atoms with E-state index in [-0.39, 0.29) is 0 Å². The predicted molar refractivity (Wildman–Crippen MR) is 164 cm³/mol. The fourth-order valence-corrected chi connectivity index (χ4v) is 4.03. The van der Waals surface area contributed by atoms with Crippen LogP contribution < -0.4 is 27.0 Å². The van der Waals surface area contributed by atoms with Crippen molar-refractivity contribution in [2.45, 2.75) is 98.4 Å². The van der Waals surface area contributed by atoms with E-state index in [4.69, 9.17) is 5.73 Å². The number of Topliss-reactive ketones (excluding diaryl/α,β-unsaturated/α-hetero) is 1. The molecule has 0 aliphatic rings. The molecular weight excluding hydrogens is 552 g/mol. The first-order valence-corrected chi connectivity index (χ1v) is 14.5. The Hall–Kier alpha value is -3.80. The molecule has 0 saturated carbocycles. The number of carbonyl (C=O) groups is 6. The third-order valence-electron chi connectivity index (χ3n) is 7.03. The lowest BCUT2D eigenvalue weighted by Crippen LogP contribution is -2.62. The fourth-order valence-electron chi connectivity index (χ4n) is 4.03. The number of ketones is 1. The van der Waals surface area contributed by atoms with Gasteiger partial charge in [0.05, 0.1) is 24.5 Å². The van der Waals surface area contributed by atoms with Gasteiger partial charge in [-0.25, -0.2) is 0 Å². The Bertz CT molecular complexity index is 1160. The molecule has 1 aromatic rings. The van der Waals surface area contributed by atoms with Gasteiger partial charge in [0.1, 0.15) is 12.1 Å². The summed E-state index contributed by atoms with van der Waals surface area (Å²) >= 11 is 0. The average molecular weight is 603 g/mol. The lowest BCUT2D eigenvalue weighted by atomic mass is 9.83. The van der Waals surface area contributed by atoms with Crippen molar-refractivity contribution < 1.29 is 28.8 Å². The zero-order valence-electron chi connectivity index (χ0n) is 27.2. The summed E-state index contributed by atoms with van der Waals surface area (Å²) in [5, 5.41) is 10.4. The zero-order chi connectivity index (χ0) is 33.3. The lowest BCUT2D eigenvalue weighted by Gasteiger charge is -2.34. The van der Waals surface area contributed by atoms with Crippen LogP contribution >= 0.6 is 0 Å². The molecule has 0 radical (unpaired) electrons. The van der Waals surface area contributed by atoms with Gasteiger partial charge in [0.2, 0.25) is 29.4 Å². The molecule has 12 heteroatoms. The van der Waals surface area contributed by atoms with Crippen molar-refractivity contribution in [1.82, 2.24) is 26.2 Å². The average Bonchev–Trinajstić information content (AvgIpc) is 2.91. The lowest BCUT2D eigenvalue weighted by molar-refractivity contribution is -0.141.